The van der Waals surface area contributed by atoms with Gasteiger partial charge in [0.2, 0.25) is 0 Å². The molecule has 1 aromatic carbocycles. The molecule has 0 amide bonds. The molecular weight excluding hydrogens is 399 g/mol. The van der Waals surface area contributed by atoms with Crippen LogP contribution in [0.15, 0.2) is 18.2 Å². The smallest absolute Gasteiger partial charge is 0.166 e. The average Bonchev–Trinajstić information content (AvgIpc) is 2.18. The van der Waals surface area contributed by atoms with Gasteiger partial charge in [0.1, 0.15) is 0 Å². The predicted molar refractivity (Wildman–Crippen MR) is 67.8 cm³/mol. The second-order valence-electron chi connectivity index (χ2n) is 3.12. The van der Waals surface area contributed by atoms with E-state index in [0.717, 1.165) is 18.2 Å². The van der Waals surface area contributed by atoms with Gasteiger partial charge in [-0.15, -0.1) is 0 Å². The zero-order chi connectivity index (χ0) is 16.4. The average molecular weight is 402 g/mol. The van der Waals surface area contributed by atoms with Gasteiger partial charge in [0, 0.05) is 0 Å². The molecular formula is C9H3Cl5F6. The Morgan fingerprint density at radius 1 is 0.750 bits per heavy atom. The molecule has 0 saturated heterocycles. The van der Waals surface area contributed by atoms with Crippen LogP contribution in [0.3, 0.4) is 0 Å². The van der Waals surface area contributed by atoms with Crippen LogP contribution >= 0.6 is 58.0 Å². The Labute approximate surface area is 134 Å². The predicted octanol–water partition coefficient (Wildman–Crippen LogP) is 6.93. The van der Waals surface area contributed by atoms with E-state index in [1.54, 1.807) is 0 Å². The zero-order valence-corrected chi connectivity index (χ0v) is 12.7. The van der Waals surface area contributed by atoms with Crippen molar-refractivity contribution in [1.82, 2.24) is 0 Å². The summed E-state index contributed by atoms with van der Waals surface area (Å²) in [5.41, 5.74) is -0.795. The highest BCUT2D eigenvalue weighted by atomic mass is 35.6. The van der Waals surface area contributed by atoms with Crippen LogP contribution in [0.1, 0.15) is 5.56 Å². The van der Waals surface area contributed by atoms with Gasteiger partial charge in [0.15, 0.2) is 0 Å². The SMILES string of the molecule is FC(F)(F)C(Cl)(Cl)Cl.FC(F)(F)c1ccc(Cl)c(Cl)c1. The number of halogens is 11. The van der Waals surface area contributed by atoms with Crippen LogP contribution in [-0.4, -0.2) is 9.97 Å². The van der Waals surface area contributed by atoms with Crippen molar-refractivity contribution in [2.24, 2.45) is 0 Å². The second-order valence-corrected chi connectivity index (χ2v) is 6.22. The van der Waals surface area contributed by atoms with Crippen molar-refractivity contribution in [3.05, 3.63) is 33.8 Å². The summed E-state index contributed by atoms with van der Waals surface area (Å²) in [6.45, 7) is 0. The molecule has 0 unspecified atom stereocenters. The number of rotatable bonds is 0. The Bertz CT molecular complexity index is 436. The summed E-state index contributed by atoms with van der Waals surface area (Å²) >= 11 is 24.1. The highest BCUT2D eigenvalue weighted by Crippen LogP contribution is 2.42. The van der Waals surface area contributed by atoms with Crippen LogP contribution < -0.4 is 0 Å². The lowest BCUT2D eigenvalue weighted by Crippen LogP contribution is -2.27. The first-order valence-electron chi connectivity index (χ1n) is 4.32. The lowest BCUT2D eigenvalue weighted by molar-refractivity contribution is -0.137. The largest absolute Gasteiger partial charge is 0.435 e. The quantitative estimate of drug-likeness (QED) is 0.326. The molecule has 1 rings (SSSR count). The van der Waals surface area contributed by atoms with Crippen LogP contribution in [0.4, 0.5) is 26.3 Å². The van der Waals surface area contributed by atoms with E-state index in [2.05, 4.69) is 34.8 Å². The topological polar surface area (TPSA) is 0 Å². The van der Waals surface area contributed by atoms with E-state index in [1.807, 2.05) is 0 Å². The molecule has 0 saturated carbocycles. The van der Waals surface area contributed by atoms with Crippen LogP contribution in [0, 0.1) is 0 Å². The summed E-state index contributed by atoms with van der Waals surface area (Å²) in [4.78, 5) is 0. The van der Waals surface area contributed by atoms with Crippen molar-refractivity contribution in [3.63, 3.8) is 0 Å². The first-order chi connectivity index (χ1) is 8.66. The first-order valence-corrected chi connectivity index (χ1v) is 6.21. The number of hydrogen-bond donors (Lipinski definition) is 0. The lowest BCUT2D eigenvalue weighted by Gasteiger charge is -2.13. The number of benzene rings is 1. The number of alkyl halides is 9. The van der Waals surface area contributed by atoms with Crippen molar-refractivity contribution in [1.29, 1.82) is 0 Å². The summed E-state index contributed by atoms with van der Waals surface area (Å²) < 4.78 is 66.3. The van der Waals surface area contributed by atoms with E-state index in [9.17, 15) is 26.3 Å². The van der Waals surface area contributed by atoms with Gasteiger partial charge in [-0.05, 0) is 18.2 Å². The van der Waals surface area contributed by atoms with Crippen molar-refractivity contribution in [3.8, 4) is 0 Å². The van der Waals surface area contributed by atoms with Crippen molar-refractivity contribution in [2.45, 2.75) is 16.1 Å². The first kappa shape index (κ1) is 20.2. The summed E-state index contributed by atoms with van der Waals surface area (Å²) in [6.07, 6.45) is -9.13. The molecule has 0 aliphatic rings. The third-order valence-electron chi connectivity index (χ3n) is 1.57. The van der Waals surface area contributed by atoms with Crippen LogP contribution in [0.5, 0.6) is 0 Å². The van der Waals surface area contributed by atoms with Gasteiger partial charge in [-0.2, -0.15) is 26.3 Å². The maximum absolute atomic E-state index is 12.0. The molecule has 0 aromatic heterocycles. The van der Waals surface area contributed by atoms with Gasteiger partial charge in [-0.3, -0.25) is 0 Å². The summed E-state index contributed by atoms with van der Waals surface area (Å²) in [6, 6.07) is 2.80. The molecule has 0 heterocycles. The van der Waals surface area contributed by atoms with Crippen molar-refractivity contribution in [2.75, 3.05) is 0 Å². The maximum atomic E-state index is 12.0. The number of hydrogen-bond acceptors (Lipinski definition) is 0. The van der Waals surface area contributed by atoms with Crippen LogP contribution in [-0.2, 0) is 6.18 Å². The molecule has 0 radical (unpaired) electrons. The fourth-order valence-corrected chi connectivity index (χ4v) is 0.971. The second kappa shape index (κ2) is 7.01. The summed E-state index contributed by atoms with van der Waals surface area (Å²) in [5.74, 6) is 0. The molecule has 20 heavy (non-hydrogen) atoms. The van der Waals surface area contributed by atoms with E-state index in [0.29, 0.717) is 0 Å². The molecule has 0 aliphatic carbocycles. The highest BCUT2D eigenvalue weighted by Gasteiger charge is 2.51. The van der Waals surface area contributed by atoms with Gasteiger partial charge in [0.05, 0.1) is 15.6 Å². The molecule has 116 valence electrons. The van der Waals surface area contributed by atoms with E-state index < -0.39 is 21.7 Å². The molecule has 0 spiro atoms. The monoisotopic (exact) mass is 400 g/mol. The molecule has 0 N–H and O–H groups in total. The van der Waals surface area contributed by atoms with Gasteiger partial charge >= 0.3 is 12.4 Å². The molecule has 1 aromatic rings. The van der Waals surface area contributed by atoms with E-state index >= 15 is 0 Å². The normalized spacial score (nSPS) is 12.8. The van der Waals surface area contributed by atoms with Gasteiger partial charge < -0.3 is 0 Å². The Kier molecular flexibility index (Phi) is 7.09. The van der Waals surface area contributed by atoms with E-state index in [-0.39, 0.29) is 10.0 Å². The fraction of sp³-hybridized carbons (Fsp3) is 0.333. The molecule has 0 aliphatic heterocycles. The molecule has 11 heteroatoms. The van der Waals surface area contributed by atoms with E-state index in [1.165, 1.54) is 0 Å². The van der Waals surface area contributed by atoms with Crippen LogP contribution in [0.25, 0.3) is 0 Å². The molecule has 0 bridgehead atoms. The third-order valence-corrected chi connectivity index (χ3v) is 2.95. The van der Waals surface area contributed by atoms with Crippen LogP contribution in [0.2, 0.25) is 10.0 Å². The molecule has 0 atom stereocenters. The Morgan fingerprint density at radius 2 is 1.15 bits per heavy atom. The van der Waals surface area contributed by atoms with Crippen molar-refractivity contribution < 1.29 is 26.3 Å². The Balaban J connectivity index is 0.000000396. The minimum absolute atomic E-state index is 0.0912. The Morgan fingerprint density at radius 3 is 1.40 bits per heavy atom. The Hall–Kier alpha value is 0.250. The molecule has 0 fully saturated rings. The summed E-state index contributed by atoms with van der Waals surface area (Å²) in [7, 11) is 0. The molecule has 0 nitrogen and oxygen atoms in total. The highest BCUT2D eigenvalue weighted by molar-refractivity contribution is 6.68. The summed E-state index contributed by atoms with van der Waals surface area (Å²) in [5, 5.41) is 0.0242. The van der Waals surface area contributed by atoms with E-state index in [4.69, 9.17) is 23.2 Å². The van der Waals surface area contributed by atoms with Gasteiger partial charge in [0.25, 0.3) is 3.79 Å². The minimum Gasteiger partial charge on any atom is -0.166 e. The van der Waals surface area contributed by atoms with Gasteiger partial charge in [-0.25, -0.2) is 0 Å². The van der Waals surface area contributed by atoms with Crippen molar-refractivity contribution >= 4 is 58.0 Å². The van der Waals surface area contributed by atoms with Gasteiger partial charge in [-0.1, -0.05) is 58.0 Å². The standard InChI is InChI=1S/C7H3Cl2F3.C2Cl3F3/c8-5-2-1-4(3-6(5)9)7(10,11)12;3-1(4,5)2(6,7)8/h1-3H;. The zero-order valence-electron chi connectivity index (χ0n) is 8.89. The minimum atomic E-state index is -4.77. The third kappa shape index (κ3) is 6.80. The fourth-order valence-electron chi connectivity index (χ4n) is 0.672. The lowest BCUT2D eigenvalue weighted by atomic mass is 10.2. The maximum Gasteiger partial charge on any atom is 0.435 e.